The second-order valence-corrected chi connectivity index (χ2v) is 9.00. The molecule has 4 aliphatic rings. The predicted octanol–water partition coefficient (Wildman–Crippen LogP) is 2.98. The lowest BCUT2D eigenvalue weighted by molar-refractivity contribution is -0.148. The fourth-order valence-corrected chi connectivity index (χ4v) is 5.28. The summed E-state index contributed by atoms with van der Waals surface area (Å²) in [6.07, 6.45) is 7.83. The second kappa shape index (κ2) is 8.87. The van der Waals surface area contributed by atoms with Crippen molar-refractivity contribution >= 4 is 12.1 Å². The number of ether oxygens (including phenoxy) is 1. The number of benzene rings is 1. The van der Waals surface area contributed by atoms with Crippen molar-refractivity contribution in [2.24, 2.45) is 28.8 Å². The van der Waals surface area contributed by atoms with E-state index in [-0.39, 0.29) is 35.0 Å². The van der Waals surface area contributed by atoms with Gasteiger partial charge in [0.25, 0.3) is 0 Å². The number of aliphatic hydroxyl groups excluding tert-OH is 1. The minimum atomic E-state index is -0.458. The molecule has 1 amide bonds. The molecule has 0 saturated heterocycles. The molecule has 3 atom stereocenters. The van der Waals surface area contributed by atoms with Gasteiger partial charge in [-0.3, -0.25) is 4.79 Å². The molecule has 2 heterocycles. The van der Waals surface area contributed by atoms with Crippen molar-refractivity contribution < 1.29 is 19.0 Å². The van der Waals surface area contributed by atoms with Crippen LogP contribution in [0.2, 0.25) is 0 Å². The van der Waals surface area contributed by atoms with Crippen LogP contribution in [0.25, 0.3) is 0 Å². The van der Waals surface area contributed by atoms with Crippen LogP contribution in [0.1, 0.15) is 48.5 Å². The van der Waals surface area contributed by atoms with E-state index >= 15 is 0 Å². The van der Waals surface area contributed by atoms with Crippen LogP contribution in [0.15, 0.2) is 35.7 Å². The van der Waals surface area contributed by atoms with Crippen LogP contribution in [0.3, 0.4) is 0 Å². The maximum atomic E-state index is 13.8. The normalized spacial score (nSPS) is 27.7. The van der Waals surface area contributed by atoms with Crippen molar-refractivity contribution in [3.8, 4) is 11.9 Å². The van der Waals surface area contributed by atoms with Gasteiger partial charge in [-0.1, -0.05) is 6.07 Å². The van der Waals surface area contributed by atoms with Gasteiger partial charge in [0.15, 0.2) is 5.69 Å². The maximum Gasteiger partial charge on any atom is 0.246 e. The summed E-state index contributed by atoms with van der Waals surface area (Å²) < 4.78 is 19.7. The number of nitrogens with zero attached hydrogens (tertiary/aromatic N) is 5. The van der Waals surface area contributed by atoms with E-state index in [2.05, 4.69) is 15.1 Å². The number of carbonyl (C=O) groups excluding carboxylic acids is 1. The van der Waals surface area contributed by atoms with E-state index in [9.17, 15) is 14.3 Å². The Balaban J connectivity index is 1.26. The van der Waals surface area contributed by atoms with Crippen molar-refractivity contribution in [1.82, 2.24) is 15.0 Å². The molecule has 33 heavy (non-hydrogen) atoms. The lowest BCUT2D eigenvalue weighted by Gasteiger charge is -2.51. The van der Waals surface area contributed by atoms with Crippen molar-refractivity contribution in [2.75, 3.05) is 6.61 Å². The number of hydrogen-bond acceptors (Lipinski definition) is 7. The molecule has 1 N–H and O–H groups in total. The highest BCUT2D eigenvalue weighted by Gasteiger charge is 2.50. The number of amides is 1. The quantitative estimate of drug-likeness (QED) is 0.726. The molecule has 2 unspecified atom stereocenters. The van der Waals surface area contributed by atoms with Gasteiger partial charge in [0.2, 0.25) is 11.8 Å². The van der Waals surface area contributed by atoms with Crippen LogP contribution in [0, 0.1) is 40.8 Å². The van der Waals surface area contributed by atoms with Gasteiger partial charge in [-0.05, 0) is 54.7 Å². The molecule has 3 aliphatic carbocycles. The lowest BCUT2D eigenvalue weighted by Crippen LogP contribution is -2.50. The van der Waals surface area contributed by atoms with Crippen LogP contribution in [0.5, 0.6) is 5.88 Å². The molecule has 1 aromatic heterocycles. The summed E-state index contributed by atoms with van der Waals surface area (Å²) in [5, 5.41) is 24.1. The number of halogens is 1. The summed E-state index contributed by atoms with van der Waals surface area (Å²) in [5.41, 5.74) is 1.22. The summed E-state index contributed by atoms with van der Waals surface area (Å²) in [6, 6.07) is 6.25. The molecule has 3 fully saturated rings. The third-order valence-corrected chi connectivity index (χ3v) is 7.19. The molecule has 170 valence electrons. The molecule has 3 saturated carbocycles. The van der Waals surface area contributed by atoms with Gasteiger partial charge in [0.1, 0.15) is 11.9 Å². The fourth-order valence-electron chi connectivity index (χ4n) is 5.28. The summed E-state index contributed by atoms with van der Waals surface area (Å²) in [4.78, 5) is 21.6. The highest BCUT2D eigenvalue weighted by atomic mass is 19.1. The first-order valence-corrected chi connectivity index (χ1v) is 11.2. The topological polar surface area (TPSA) is 112 Å². The minimum Gasteiger partial charge on any atom is -0.476 e. The smallest absolute Gasteiger partial charge is 0.246 e. The maximum absolute atomic E-state index is 13.8. The number of nitriles is 1. The van der Waals surface area contributed by atoms with Gasteiger partial charge in [-0.25, -0.2) is 19.4 Å². The molecule has 6 rings (SSSR count). The number of carbonyl (C=O) groups is 1. The Morgan fingerprint density at radius 1 is 1.24 bits per heavy atom. The lowest BCUT2D eigenvalue weighted by atomic mass is 9.55. The predicted molar refractivity (Wildman–Crippen MR) is 115 cm³/mol. The van der Waals surface area contributed by atoms with Crippen LogP contribution in [-0.2, 0) is 11.4 Å². The zero-order chi connectivity index (χ0) is 22.9. The molecule has 0 radical (unpaired) electrons. The zero-order valence-corrected chi connectivity index (χ0v) is 18.0. The summed E-state index contributed by atoms with van der Waals surface area (Å²) >= 11 is 0. The molecule has 1 aromatic carbocycles. The van der Waals surface area contributed by atoms with Gasteiger partial charge in [-0.2, -0.15) is 10.4 Å². The number of aromatic nitrogens is 2. The number of rotatable bonds is 6. The van der Waals surface area contributed by atoms with Crippen molar-refractivity contribution in [2.45, 2.75) is 38.3 Å². The van der Waals surface area contributed by atoms with Crippen molar-refractivity contribution in [3.63, 3.8) is 0 Å². The van der Waals surface area contributed by atoms with E-state index in [1.165, 1.54) is 18.5 Å². The van der Waals surface area contributed by atoms with Crippen LogP contribution < -0.4 is 4.74 Å². The van der Waals surface area contributed by atoms with Crippen LogP contribution >= 0.6 is 0 Å². The molecule has 0 spiro atoms. The first-order valence-electron chi connectivity index (χ1n) is 11.2. The molecule has 1 aliphatic heterocycles. The van der Waals surface area contributed by atoms with Gasteiger partial charge < -0.3 is 9.84 Å². The first-order chi connectivity index (χ1) is 16.1. The van der Waals surface area contributed by atoms with E-state index < -0.39 is 12.4 Å². The Morgan fingerprint density at radius 2 is 2.09 bits per heavy atom. The first kappa shape index (κ1) is 21.5. The summed E-state index contributed by atoms with van der Waals surface area (Å²) in [7, 11) is 0. The standard InChI is InChI=1S/C24H24FN5O3/c25-21-2-1-14(5-17(21)12-31)22-3-4-29-30(22)24(32)20-8-18(15-6-16(20)7-15)13-33-23-11-27-19(9-26)10-28-23/h1-2,4-5,10-11,15-16,18,20,22,31H,3,6-8,12-13H2/t15?,16?,18?,20-,22?/m0/s1. The number of hydrogen-bond donors (Lipinski definition) is 1. The second-order valence-electron chi connectivity index (χ2n) is 9.00. The van der Waals surface area contributed by atoms with Crippen LogP contribution in [-0.4, -0.2) is 38.8 Å². The largest absolute Gasteiger partial charge is 0.476 e. The SMILES string of the molecule is N#Cc1cnc(OCC2C[C@H](C(=O)N3N=CCC3c3ccc(F)c(CO)c3)C3CC2C3)cn1. The van der Waals surface area contributed by atoms with Gasteiger partial charge in [0.05, 0.1) is 31.6 Å². The zero-order valence-electron chi connectivity index (χ0n) is 18.0. The number of aliphatic hydroxyl groups is 1. The molecule has 9 heteroatoms. The van der Waals surface area contributed by atoms with Crippen molar-refractivity contribution in [3.05, 3.63) is 53.2 Å². The Bertz CT molecular complexity index is 1110. The average Bonchev–Trinajstić information content (AvgIpc) is 3.32. The number of fused-ring (bicyclic) bond motifs is 2. The Labute approximate surface area is 190 Å². The summed E-state index contributed by atoms with van der Waals surface area (Å²) in [5.74, 6) is 0.900. The van der Waals surface area contributed by atoms with Gasteiger partial charge in [0, 0.05) is 24.1 Å². The van der Waals surface area contributed by atoms with E-state index in [1.54, 1.807) is 23.4 Å². The van der Waals surface area contributed by atoms with Gasteiger partial charge in [-0.15, -0.1) is 0 Å². The van der Waals surface area contributed by atoms with E-state index in [0.717, 1.165) is 24.8 Å². The Hall–Kier alpha value is -3.38. The molecular weight excluding hydrogens is 425 g/mol. The highest BCUT2D eigenvalue weighted by Crippen LogP contribution is 2.53. The average molecular weight is 449 g/mol. The molecule has 2 aromatic rings. The van der Waals surface area contributed by atoms with E-state index in [0.29, 0.717) is 30.7 Å². The number of hydrazone groups is 1. The third-order valence-electron chi connectivity index (χ3n) is 7.19. The minimum absolute atomic E-state index is 0.00469. The Morgan fingerprint density at radius 3 is 2.82 bits per heavy atom. The van der Waals surface area contributed by atoms with E-state index in [1.807, 2.05) is 6.07 Å². The monoisotopic (exact) mass is 449 g/mol. The molecular formula is C24H24FN5O3. The van der Waals surface area contributed by atoms with Crippen LogP contribution in [0.4, 0.5) is 4.39 Å². The fraction of sp³-hybridized carbons (Fsp3) is 0.458. The molecule has 8 nitrogen and oxygen atoms in total. The third kappa shape index (κ3) is 4.07. The molecule has 2 bridgehead atoms. The van der Waals surface area contributed by atoms with E-state index in [4.69, 9.17) is 10.00 Å². The Kier molecular flexibility index (Phi) is 5.77. The van der Waals surface area contributed by atoms with Crippen molar-refractivity contribution in [1.29, 1.82) is 5.26 Å². The summed E-state index contributed by atoms with van der Waals surface area (Å²) in [6.45, 7) is 0.0604. The van der Waals surface area contributed by atoms with Gasteiger partial charge >= 0.3 is 0 Å². The highest BCUT2D eigenvalue weighted by molar-refractivity contribution is 5.82.